The molecule has 2 atom stereocenters. The van der Waals surface area contributed by atoms with Crippen molar-refractivity contribution in [2.45, 2.75) is 38.9 Å². The van der Waals surface area contributed by atoms with E-state index in [4.69, 9.17) is 15.2 Å². The van der Waals surface area contributed by atoms with E-state index in [2.05, 4.69) is 35.0 Å². The van der Waals surface area contributed by atoms with Crippen LogP contribution >= 0.6 is 0 Å². The van der Waals surface area contributed by atoms with Crippen molar-refractivity contribution in [2.24, 2.45) is 5.73 Å². The second-order valence-electron chi connectivity index (χ2n) is 7.04. The number of hydrogen-bond acceptors (Lipinski definition) is 6. The first-order valence-corrected chi connectivity index (χ1v) is 9.79. The molecule has 2 rings (SSSR count). The van der Waals surface area contributed by atoms with Crippen molar-refractivity contribution in [1.82, 2.24) is 15.1 Å². The highest BCUT2D eigenvalue weighted by Gasteiger charge is 2.26. The monoisotopic (exact) mass is 364 g/mol. The van der Waals surface area contributed by atoms with Crippen LogP contribution in [0, 0.1) is 0 Å². The zero-order valence-corrected chi connectivity index (χ0v) is 16.8. The topological polar surface area (TPSA) is 63.0 Å². The molecule has 0 amide bonds. The standard InChI is InChI=1S/C20H36N4O2/c1-5-9-23(10-6-2)11-12-24-14-17(22-20(21)15-24)16-7-8-18(25-3)19(13-16)26-4/h7-8,13,17,20,22H,5-6,9-12,14-15,21H2,1-4H3. The normalized spacial score (nSPS) is 21.2. The van der Waals surface area contributed by atoms with Crippen LogP contribution in [-0.4, -0.2) is 69.5 Å². The molecule has 1 fully saturated rings. The van der Waals surface area contributed by atoms with Gasteiger partial charge in [0.25, 0.3) is 0 Å². The van der Waals surface area contributed by atoms with Gasteiger partial charge in [-0.05, 0) is 43.6 Å². The largest absolute Gasteiger partial charge is 0.493 e. The van der Waals surface area contributed by atoms with Crippen LogP contribution in [0.5, 0.6) is 11.5 Å². The molecule has 148 valence electrons. The van der Waals surface area contributed by atoms with Gasteiger partial charge in [-0.2, -0.15) is 0 Å². The smallest absolute Gasteiger partial charge is 0.161 e. The first-order valence-electron chi connectivity index (χ1n) is 9.79. The van der Waals surface area contributed by atoms with Crippen LogP contribution < -0.4 is 20.5 Å². The first-order chi connectivity index (χ1) is 12.6. The van der Waals surface area contributed by atoms with Crippen molar-refractivity contribution < 1.29 is 9.47 Å². The third-order valence-electron chi connectivity index (χ3n) is 4.93. The van der Waals surface area contributed by atoms with Crippen molar-refractivity contribution in [3.8, 4) is 11.5 Å². The number of nitrogens with two attached hydrogens (primary N) is 1. The molecule has 0 aliphatic carbocycles. The summed E-state index contributed by atoms with van der Waals surface area (Å²) in [5.41, 5.74) is 7.46. The fourth-order valence-corrected chi connectivity index (χ4v) is 3.68. The van der Waals surface area contributed by atoms with Crippen LogP contribution in [0.15, 0.2) is 18.2 Å². The van der Waals surface area contributed by atoms with Crippen LogP contribution in [0.25, 0.3) is 0 Å². The van der Waals surface area contributed by atoms with Crippen molar-refractivity contribution in [3.05, 3.63) is 23.8 Å². The minimum absolute atomic E-state index is 0.0207. The zero-order valence-electron chi connectivity index (χ0n) is 16.8. The van der Waals surface area contributed by atoms with Crippen LogP contribution in [0.2, 0.25) is 0 Å². The van der Waals surface area contributed by atoms with Crippen LogP contribution in [0.4, 0.5) is 0 Å². The third-order valence-corrected chi connectivity index (χ3v) is 4.93. The summed E-state index contributed by atoms with van der Waals surface area (Å²) in [6, 6.07) is 6.30. The number of rotatable bonds is 10. The number of nitrogens with zero attached hydrogens (tertiary/aromatic N) is 2. The number of hydrogen-bond donors (Lipinski definition) is 2. The molecule has 0 saturated carbocycles. The van der Waals surface area contributed by atoms with Gasteiger partial charge in [-0.1, -0.05) is 19.9 Å². The van der Waals surface area contributed by atoms with Gasteiger partial charge in [0, 0.05) is 32.2 Å². The molecule has 0 aromatic heterocycles. The number of piperazine rings is 1. The summed E-state index contributed by atoms with van der Waals surface area (Å²) in [6.45, 7) is 10.8. The Morgan fingerprint density at radius 2 is 1.77 bits per heavy atom. The van der Waals surface area contributed by atoms with E-state index in [9.17, 15) is 0 Å². The molecule has 0 radical (unpaired) electrons. The number of ether oxygens (including phenoxy) is 2. The van der Waals surface area contributed by atoms with Crippen LogP contribution in [-0.2, 0) is 0 Å². The van der Waals surface area contributed by atoms with Crippen molar-refractivity contribution in [2.75, 3.05) is 53.5 Å². The zero-order chi connectivity index (χ0) is 18.9. The molecule has 1 aromatic carbocycles. The summed E-state index contributed by atoms with van der Waals surface area (Å²) < 4.78 is 10.8. The Morgan fingerprint density at radius 1 is 1.08 bits per heavy atom. The van der Waals surface area contributed by atoms with Gasteiger partial charge in [-0.15, -0.1) is 0 Å². The van der Waals surface area contributed by atoms with Gasteiger partial charge in [-0.25, -0.2) is 0 Å². The van der Waals surface area contributed by atoms with Gasteiger partial charge in [0.2, 0.25) is 0 Å². The number of nitrogens with one attached hydrogen (secondary N) is 1. The summed E-state index contributed by atoms with van der Waals surface area (Å²) in [4.78, 5) is 5.03. The van der Waals surface area contributed by atoms with E-state index in [1.807, 2.05) is 12.1 Å². The van der Waals surface area contributed by atoms with E-state index < -0.39 is 0 Å². The molecule has 1 heterocycles. The summed E-state index contributed by atoms with van der Waals surface area (Å²) in [5, 5.41) is 3.52. The molecule has 26 heavy (non-hydrogen) atoms. The molecule has 0 spiro atoms. The van der Waals surface area contributed by atoms with E-state index in [1.54, 1.807) is 14.2 Å². The van der Waals surface area contributed by atoms with Gasteiger partial charge in [0.15, 0.2) is 11.5 Å². The minimum atomic E-state index is -0.0207. The Hall–Kier alpha value is -1.34. The van der Waals surface area contributed by atoms with Crippen molar-refractivity contribution >= 4 is 0 Å². The molecule has 3 N–H and O–H groups in total. The second-order valence-corrected chi connectivity index (χ2v) is 7.04. The van der Waals surface area contributed by atoms with Crippen LogP contribution in [0.3, 0.4) is 0 Å². The predicted molar refractivity (Wildman–Crippen MR) is 107 cm³/mol. The maximum Gasteiger partial charge on any atom is 0.161 e. The molecule has 6 heteroatoms. The van der Waals surface area contributed by atoms with E-state index in [1.165, 1.54) is 31.5 Å². The fraction of sp³-hybridized carbons (Fsp3) is 0.700. The highest BCUT2D eigenvalue weighted by atomic mass is 16.5. The van der Waals surface area contributed by atoms with Crippen molar-refractivity contribution in [3.63, 3.8) is 0 Å². The first kappa shape index (κ1) is 21.0. The van der Waals surface area contributed by atoms with Gasteiger partial charge in [0.1, 0.15) is 0 Å². The summed E-state index contributed by atoms with van der Waals surface area (Å²) >= 11 is 0. The second kappa shape index (κ2) is 10.7. The Bertz CT molecular complexity index is 535. The molecule has 2 unspecified atom stereocenters. The average molecular weight is 365 g/mol. The lowest BCUT2D eigenvalue weighted by molar-refractivity contribution is 0.139. The average Bonchev–Trinajstić information content (AvgIpc) is 2.65. The Kier molecular flexibility index (Phi) is 8.65. The molecular formula is C20H36N4O2. The molecule has 1 aromatic rings. The number of methoxy groups -OCH3 is 2. The third kappa shape index (κ3) is 5.84. The lowest BCUT2D eigenvalue weighted by atomic mass is 10.0. The summed E-state index contributed by atoms with van der Waals surface area (Å²) in [6.07, 6.45) is 2.39. The Balaban J connectivity index is 2.00. The lowest BCUT2D eigenvalue weighted by Crippen LogP contribution is -2.57. The molecule has 0 bridgehead atoms. The van der Waals surface area contributed by atoms with Gasteiger partial charge >= 0.3 is 0 Å². The highest BCUT2D eigenvalue weighted by molar-refractivity contribution is 5.44. The predicted octanol–water partition coefficient (Wildman–Crippen LogP) is 2.06. The molecule has 6 nitrogen and oxygen atoms in total. The number of benzene rings is 1. The fourth-order valence-electron chi connectivity index (χ4n) is 3.68. The molecule has 1 saturated heterocycles. The van der Waals surface area contributed by atoms with Gasteiger partial charge in [0.05, 0.1) is 20.4 Å². The quantitative estimate of drug-likeness (QED) is 0.663. The lowest BCUT2D eigenvalue weighted by Gasteiger charge is -2.38. The molecule has 1 aliphatic rings. The van der Waals surface area contributed by atoms with Gasteiger partial charge in [-0.3, -0.25) is 10.2 Å². The van der Waals surface area contributed by atoms with Crippen LogP contribution in [0.1, 0.15) is 38.3 Å². The molecular weight excluding hydrogens is 328 g/mol. The summed E-state index contributed by atoms with van der Waals surface area (Å²) in [7, 11) is 3.33. The highest BCUT2D eigenvalue weighted by Crippen LogP contribution is 2.31. The van der Waals surface area contributed by atoms with Gasteiger partial charge < -0.3 is 20.1 Å². The molecule has 1 aliphatic heterocycles. The SMILES string of the molecule is CCCN(CCC)CCN1CC(N)NC(c2ccc(OC)c(OC)c2)C1. The van der Waals surface area contributed by atoms with E-state index in [0.29, 0.717) is 0 Å². The van der Waals surface area contributed by atoms with Crippen molar-refractivity contribution in [1.29, 1.82) is 0 Å². The summed E-state index contributed by atoms with van der Waals surface area (Å²) in [5.74, 6) is 1.51. The van der Waals surface area contributed by atoms with E-state index >= 15 is 0 Å². The Labute approximate surface area is 158 Å². The maximum atomic E-state index is 6.28. The Morgan fingerprint density at radius 3 is 2.38 bits per heavy atom. The minimum Gasteiger partial charge on any atom is -0.493 e. The van der Waals surface area contributed by atoms with E-state index in [-0.39, 0.29) is 12.2 Å². The van der Waals surface area contributed by atoms with E-state index in [0.717, 1.165) is 37.7 Å². The maximum absolute atomic E-state index is 6.28.